The van der Waals surface area contributed by atoms with E-state index in [0.29, 0.717) is 0 Å². The van der Waals surface area contributed by atoms with Crippen LogP contribution in [0.2, 0.25) is 0 Å². The predicted molar refractivity (Wildman–Crippen MR) is 57.5 cm³/mol. The summed E-state index contributed by atoms with van der Waals surface area (Å²) in [5, 5.41) is 6.53. The van der Waals surface area contributed by atoms with E-state index in [1.807, 2.05) is 0 Å². The van der Waals surface area contributed by atoms with E-state index in [1.54, 1.807) is 23.1 Å². The largest absolute Gasteiger partial charge is 0.345 e. The van der Waals surface area contributed by atoms with Crippen molar-refractivity contribution in [2.75, 3.05) is 0 Å². The molecule has 1 fully saturated rings. The third kappa shape index (κ3) is 2.51. The number of hydrogen-bond acceptors (Lipinski definition) is 2. The number of carbonyl (C=O) groups excluding carboxylic acids is 1. The highest BCUT2D eigenvalue weighted by atomic mass is 19.3. The molecular weight excluding hydrogens is 228 g/mol. The first-order valence-corrected chi connectivity index (χ1v) is 5.25. The number of hydrogen-bond donors (Lipinski definition) is 1. The smallest absolute Gasteiger partial charge is 0.252 e. The second-order valence-electron chi connectivity index (χ2n) is 4.39. The van der Waals surface area contributed by atoms with Gasteiger partial charge in [0.05, 0.1) is 12.1 Å². The molecule has 0 aliphatic heterocycles. The Labute approximate surface area is 97.3 Å². The summed E-state index contributed by atoms with van der Waals surface area (Å²) in [6.07, 6.45) is 3.61. The first kappa shape index (κ1) is 11.8. The Hall–Kier alpha value is -1.72. The van der Waals surface area contributed by atoms with Gasteiger partial charge in [-0.25, -0.2) is 8.78 Å². The van der Waals surface area contributed by atoms with Crippen LogP contribution >= 0.6 is 0 Å². The van der Waals surface area contributed by atoms with Crippen molar-refractivity contribution < 1.29 is 13.6 Å². The summed E-state index contributed by atoms with van der Waals surface area (Å²) < 4.78 is 27.6. The van der Waals surface area contributed by atoms with Gasteiger partial charge >= 0.3 is 0 Å². The third-order valence-corrected chi connectivity index (χ3v) is 2.79. The van der Waals surface area contributed by atoms with Gasteiger partial charge in [-0.15, -0.1) is 0 Å². The molecule has 0 radical (unpaired) electrons. The Kier molecular flexibility index (Phi) is 2.73. The summed E-state index contributed by atoms with van der Waals surface area (Å²) in [5.74, 6) is -3.14. The van der Waals surface area contributed by atoms with Crippen LogP contribution in [0, 0.1) is 0 Å². The maximum Gasteiger partial charge on any atom is 0.252 e. The van der Waals surface area contributed by atoms with E-state index >= 15 is 0 Å². The zero-order chi connectivity index (χ0) is 12.5. The third-order valence-electron chi connectivity index (χ3n) is 2.79. The van der Waals surface area contributed by atoms with Crippen LogP contribution in [0.25, 0.3) is 0 Å². The van der Waals surface area contributed by atoms with Crippen molar-refractivity contribution >= 4 is 5.91 Å². The topological polar surface area (TPSA) is 46.9 Å². The molecule has 6 heteroatoms. The van der Waals surface area contributed by atoms with Gasteiger partial charge in [-0.2, -0.15) is 5.10 Å². The molecule has 1 heterocycles. The van der Waals surface area contributed by atoms with Crippen LogP contribution in [0.15, 0.2) is 31.1 Å². The summed E-state index contributed by atoms with van der Waals surface area (Å²) in [7, 11) is 0. The van der Waals surface area contributed by atoms with Crippen LogP contribution in [-0.4, -0.2) is 27.1 Å². The fourth-order valence-electron chi connectivity index (χ4n) is 2.19. The number of rotatable bonds is 4. The second-order valence-corrected chi connectivity index (χ2v) is 4.39. The lowest BCUT2D eigenvalue weighted by Gasteiger charge is -2.47. The van der Waals surface area contributed by atoms with Gasteiger partial charge in [0.1, 0.15) is 0 Å². The van der Waals surface area contributed by atoms with Gasteiger partial charge in [0, 0.05) is 25.2 Å². The predicted octanol–water partition coefficient (Wildman–Crippen LogP) is 1.35. The molecule has 1 saturated carbocycles. The van der Waals surface area contributed by atoms with Crippen molar-refractivity contribution in [2.24, 2.45) is 0 Å². The lowest BCUT2D eigenvalue weighted by molar-refractivity contribution is -0.148. The average Bonchev–Trinajstić information content (AvgIpc) is 2.66. The maximum atomic E-state index is 13.0. The fraction of sp³-hybridized carbons (Fsp3) is 0.455. The lowest BCUT2D eigenvalue weighted by atomic mass is 9.73. The Balaban J connectivity index is 2.09. The Morgan fingerprint density at radius 1 is 1.59 bits per heavy atom. The molecule has 0 saturated heterocycles. The van der Waals surface area contributed by atoms with E-state index in [4.69, 9.17) is 0 Å². The molecule has 2 rings (SSSR count). The number of nitrogens with zero attached hydrogens (tertiary/aromatic N) is 2. The van der Waals surface area contributed by atoms with Crippen LogP contribution < -0.4 is 5.32 Å². The molecule has 0 aromatic carbocycles. The molecule has 0 bridgehead atoms. The van der Waals surface area contributed by atoms with Crippen LogP contribution in [0.5, 0.6) is 0 Å². The van der Waals surface area contributed by atoms with Crippen molar-refractivity contribution in [3.05, 3.63) is 31.1 Å². The van der Waals surface area contributed by atoms with Crippen molar-refractivity contribution in [1.82, 2.24) is 15.1 Å². The van der Waals surface area contributed by atoms with E-state index < -0.39 is 17.4 Å². The van der Waals surface area contributed by atoms with Crippen LogP contribution in [-0.2, 0) is 11.3 Å². The molecule has 1 aliphatic carbocycles. The molecule has 1 N–H and O–H groups in total. The molecule has 1 aromatic heterocycles. The molecule has 4 nitrogen and oxygen atoms in total. The van der Waals surface area contributed by atoms with Gasteiger partial charge in [0.25, 0.3) is 5.92 Å². The molecule has 1 aromatic rings. The van der Waals surface area contributed by atoms with Gasteiger partial charge in [0.2, 0.25) is 5.91 Å². The van der Waals surface area contributed by atoms with Crippen molar-refractivity contribution in [3.63, 3.8) is 0 Å². The van der Waals surface area contributed by atoms with Gasteiger partial charge in [-0.1, -0.05) is 6.58 Å². The van der Waals surface area contributed by atoms with E-state index in [-0.39, 0.29) is 19.4 Å². The van der Waals surface area contributed by atoms with Crippen molar-refractivity contribution in [3.8, 4) is 0 Å². The highest BCUT2D eigenvalue weighted by Crippen LogP contribution is 2.46. The summed E-state index contributed by atoms with van der Waals surface area (Å²) >= 11 is 0. The zero-order valence-electron chi connectivity index (χ0n) is 9.20. The van der Waals surface area contributed by atoms with E-state index in [2.05, 4.69) is 17.0 Å². The number of carbonyl (C=O) groups is 1. The number of halogens is 2. The van der Waals surface area contributed by atoms with Crippen LogP contribution in [0.1, 0.15) is 12.8 Å². The number of aromatic nitrogens is 2. The summed E-state index contributed by atoms with van der Waals surface area (Å²) in [6, 6.07) is 1.71. The number of amides is 1. The Bertz CT molecular complexity index is 420. The van der Waals surface area contributed by atoms with E-state index in [0.717, 1.165) is 6.08 Å². The highest BCUT2D eigenvalue weighted by Gasteiger charge is 2.57. The van der Waals surface area contributed by atoms with E-state index in [9.17, 15) is 13.6 Å². The standard InChI is InChI=1S/C11H13F2N3O/c1-2-9(17)15-10(6-11(12,13)7-10)8-16-5-3-4-14-16/h2-5H,1,6-8H2,(H,15,17). The normalized spacial score (nSPS) is 20.4. The molecule has 0 atom stereocenters. The van der Waals surface area contributed by atoms with Crippen molar-refractivity contribution in [1.29, 1.82) is 0 Å². The van der Waals surface area contributed by atoms with Gasteiger partial charge in [0.15, 0.2) is 0 Å². The second kappa shape index (κ2) is 3.94. The van der Waals surface area contributed by atoms with Gasteiger partial charge in [-0.05, 0) is 12.1 Å². The minimum Gasteiger partial charge on any atom is -0.345 e. The van der Waals surface area contributed by atoms with Crippen molar-refractivity contribution in [2.45, 2.75) is 30.8 Å². The summed E-state index contributed by atoms with van der Waals surface area (Å²) in [4.78, 5) is 11.3. The molecular formula is C11H13F2N3O. The maximum absolute atomic E-state index is 13.0. The SMILES string of the molecule is C=CC(=O)NC1(Cn2cccn2)CC(F)(F)C1. The molecule has 1 aliphatic rings. The first-order valence-electron chi connectivity index (χ1n) is 5.25. The quantitative estimate of drug-likeness (QED) is 0.809. The van der Waals surface area contributed by atoms with Crippen LogP contribution in [0.3, 0.4) is 0 Å². The summed E-state index contributed by atoms with van der Waals surface area (Å²) in [5.41, 5.74) is -0.916. The monoisotopic (exact) mass is 241 g/mol. The highest BCUT2D eigenvalue weighted by molar-refractivity contribution is 5.87. The van der Waals surface area contributed by atoms with Gasteiger partial charge < -0.3 is 5.32 Å². The zero-order valence-corrected chi connectivity index (χ0v) is 9.20. The minimum absolute atomic E-state index is 0.245. The minimum atomic E-state index is -2.71. The lowest BCUT2D eigenvalue weighted by Crippen LogP contribution is -2.64. The average molecular weight is 241 g/mol. The van der Waals surface area contributed by atoms with Crippen LogP contribution in [0.4, 0.5) is 8.78 Å². The number of alkyl halides is 2. The fourth-order valence-corrected chi connectivity index (χ4v) is 2.19. The Morgan fingerprint density at radius 3 is 2.76 bits per heavy atom. The molecule has 92 valence electrons. The molecule has 1 amide bonds. The first-order chi connectivity index (χ1) is 7.95. The molecule has 0 unspecified atom stereocenters. The van der Waals surface area contributed by atoms with E-state index in [1.165, 1.54) is 0 Å². The summed E-state index contributed by atoms with van der Waals surface area (Å²) in [6.45, 7) is 3.56. The molecule has 17 heavy (non-hydrogen) atoms. The van der Waals surface area contributed by atoms with Gasteiger partial charge in [-0.3, -0.25) is 9.48 Å². The molecule has 0 spiro atoms. The Morgan fingerprint density at radius 2 is 2.29 bits per heavy atom. The number of nitrogens with one attached hydrogen (secondary N) is 1.